The van der Waals surface area contributed by atoms with Gasteiger partial charge < -0.3 is 26.0 Å². The van der Waals surface area contributed by atoms with Crippen molar-refractivity contribution in [2.45, 2.75) is 38.1 Å². The van der Waals surface area contributed by atoms with E-state index in [0.717, 1.165) is 0 Å². The highest BCUT2D eigenvalue weighted by atomic mass is 32.2. The number of anilines is 1. The molecule has 3 aliphatic heterocycles. The number of amides is 2. The first kappa shape index (κ1) is 27.8. The molecule has 0 bridgehead atoms. The number of rotatable bonds is 6. The third-order valence-corrected chi connectivity index (χ3v) is 9.44. The van der Waals surface area contributed by atoms with Gasteiger partial charge in [0.15, 0.2) is 5.96 Å². The van der Waals surface area contributed by atoms with Gasteiger partial charge in [-0.2, -0.15) is 0 Å². The highest BCUT2D eigenvalue weighted by molar-refractivity contribution is 7.88. The lowest BCUT2D eigenvalue weighted by Crippen LogP contribution is -2.49. The number of carbonyl (C=O) groups excluding carboxylic acids is 2. The van der Waals surface area contributed by atoms with Crippen LogP contribution in [0.2, 0.25) is 0 Å². The van der Waals surface area contributed by atoms with Crippen molar-refractivity contribution in [2.24, 2.45) is 23.5 Å². The van der Waals surface area contributed by atoms with E-state index in [0.29, 0.717) is 70.5 Å². The molecule has 1 aromatic rings. The summed E-state index contributed by atoms with van der Waals surface area (Å²) in [4.78, 5) is 41.6. The first-order valence-electron chi connectivity index (χ1n) is 12.9. The number of nitrogens with one attached hydrogen (secondary N) is 2. The minimum atomic E-state index is -3.25. The average molecular weight is 549 g/mol. The topological polar surface area (TPSA) is 177 Å². The van der Waals surface area contributed by atoms with Crippen LogP contribution in [0.3, 0.4) is 0 Å². The average Bonchev–Trinajstić information content (AvgIpc) is 3.34. The molecule has 208 valence electrons. The van der Waals surface area contributed by atoms with Gasteiger partial charge in [0.2, 0.25) is 21.8 Å². The summed E-state index contributed by atoms with van der Waals surface area (Å²) >= 11 is 0. The van der Waals surface area contributed by atoms with Crippen LogP contribution >= 0.6 is 0 Å². The predicted octanol–water partition coefficient (Wildman–Crippen LogP) is 0.817. The van der Waals surface area contributed by atoms with Gasteiger partial charge in [0, 0.05) is 44.3 Å². The third-order valence-electron chi connectivity index (χ3n) is 8.14. The molecule has 38 heavy (non-hydrogen) atoms. The van der Waals surface area contributed by atoms with Crippen LogP contribution in [-0.2, 0) is 19.6 Å². The number of carboxylic acids is 1. The Morgan fingerprint density at radius 2 is 1.61 bits per heavy atom. The van der Waals surface area contributed by atoms with Crippen LogP contribution in [0.5, 0.6) is 0 Å². The second-order valence-corrected chi connectivity index (χ2v) is 12.5. The van der Waals surface area contributed by atoms with E-state index in [9.17, 15) is 22.8 Å². The number of sulfonamides is 1. The second-order valence-electron chi connectivity index (χ2n) is 10.5. The minimum Gasteiger partial charge on any atom is -0.478 e. The zero-order chi connectivity index (χ0) is 27.6. The molecule has 0 radical (unpaired) electrons. The normalized spacial score (nSPS) is 23.8. The zero-order valence-corrected chi connectivity index (χ0v) is 22.3. The highest BCUT2D eigenvalue weighted by Gasteiger charge is 2.45. The van der Waals surface area contributed by atoms with Gasteiger partial charge in [-0.15, -0.1) is 0 Å². The fraction of sp³-hybridized carbons (Fsp3) is 0.600. The summed E-state index contributed by atoms with van der Waals surface area (Å²) in [6.45, 7) is 2.33. The van der Waals surface area contributed by atoms with Gasteiger partial charge in [0.05, 0.1) is 11.8 Å². The van der Waals surface area contributed by atoms with Crippen molar-refractivity contribution in [1.29, 1.82) is 5.41 Å². The number of carboxylic acid groups (broad SMARTS) is 1. The molecule has 3 heterocycles. The summed E-state index contributed by atoms with van der Waals surface area (Å²) in [5.74, 6) is -1.45. The summed E-state index contributed by atoms with van der Waals surface area (Å²) in [5.41, 5.74) is 6.16. The van der Waals surface area contributed by atoms with E-state index in [1.807, 2.05) is 0 Å². The molecule has 0 saturated carbocycles. The Kier molecular flexibility index (Phi) is 8.26. The lowest BCUT2D eigenvalue weighted by Gasteiger charge is -2.35. The molecule has 1 unspecified atom stereocenters. The first-order valence-corrected chi connectivity index (χ1v) is 14.8. The number of benzene rings is 1. The molecule has 12 nitrogen and oxygen atoms in total. The van der Waals surface area contributed by atoms with Gasteiger partial charge in [-0.25, -0.2) is 17.5 Å². The van der Waals surface area contributed by atoms with Crippen LogP contribution in [0.15, 0.2) is 24.3 Å². The first-order chi connectivity index (χ1) is 17.9. The van der Waals surface area contributed by atoms with Gasteiger partial charge in [-0.05, 0) is 68.2 Å². The van der Waals surface area contributed by atoms with E-state index in [1.165, 1.54) is 34.8 Å². The van der Waals surface area contributed by atoms with E-state index >= 15 is 0 Å². The molecular formula is C25H36N6O6S. The summed E-state index contributed by atoms with van der Waals surface area (Å²) in [6, 6.07) is 5.20. The summed E-state index contributed by atoms with van der Waals surface area (Å²) in [5, 5.41) is 19.6. The largest absolute Gasteiger partial charge is 0.478 e. The van der Waals surface area contributed by atoms with Crippen molar-refractivity contribution in [1.82, 2.24) is 14.1 Å². The molecule has 4 rings (SSSR count). The maximum Gasteiger partial charge on any atom is 0.335 e. The maximum absolute atomic E-state index is 13.7. The minimum absolute atomic E-state index is 0.0104. The number of aromatic carboxylic acids is 1. The molecule has 2 atom stereocenters. The van der Waals surface area contributed by atoms with Crippen molar-refractivity contribution in [3.8, 4) is 0 Å². The van der Waals surface area contributed by atoms with Crippen LogP contribution in [-0.4, -0.2) is 96.4 Å². The van der Waals surface area contributed by atoms with Crippen molar-refractivity contribution < 1.29 is 27.9 Å². The van der Waals surface area contributed by atoms with E-state index in [4.69, 9.17) is 16.2 Å². The lowest BCUT2D eigenvalue weighted by atomic mass is 9.83. The standard InChI is InChI=1S/C25H36N6O6S/c1-38(36,37)30-12-8-16(9-13-30)19-14-21(22(32)28-20-4-2-18(3-5-20)24(34)35)31(15-19)23(33)17-6-10-29(11-7-17)25(26)27/h2-5,16-17,19,21H,6-15H2,1H3,(H3,26,27)(H,28,32)(H,34,35)/t19?,21-/m0/s1. The Morgan fingerprint density at radius 3 is 2.13 bits per heavy atom. The predicted molar refractivity (Wildman–Crippen MR) is 141 cm³/mol. The highest BCUT2D eigenvalue weighted by Crippen LogP contribution is 2.37. The molecule has 3 saturated heterocycles. The second kappa shape index (κ2) is 11.3. The molecule has 0 aromatic heterocycles. The number of nitrogens with two attached hydrogens (primary N) is 1. The molecule has 3 aliphatic rings. The SMILES string of the molecule is CS(=O)(=O)N1CCC(C2C[C@@H](C(=O)Nc3ccc(C(=O)O)cc3)N(C(=O)C3CCN(C(=N)N)CC3)C2)CC1. The molecule has 0 aliphatic carbocycles. The van der Waals surface area contributed by atoms with Crippen LogP contribution in [0.25, 0.3) is 0 Å². The Labute approximate surface area is 222 Å². The van der Waals surface area contributed by atoms with Crippen molar-refractivity contribution in [2.75, 3.05) is 44.3 Å². The van der Waals surface area contributed by atoms with Crippen LogP contribution in [0.1, 0.15) is 42.5 Å². The smallest absolute Gasteiger partial charge is 0.335 e. The lowest BCUT2D eigenvalue weighted by molar-refractivity contribution is -0.141. The Hall–Kier alpha value is -3.19. The summed E-state index contributed by atoms with van der Waals surface area (Å²) < 4.78 is 25.3. The Morgan fingerprint density at radius 1 is 1.00 bits per heavy atom. The number of piperidine rings is 2. The van der Waals surface area contributed by atoms with Crippen LogP contribution in [0, 0.1) is 23.2 Å². The van der Waals surface area contributed by atoms with Crippen molar-refractivity contribution >= 4 is 39.5 Å². The maximum atomic E-state index is 13.7. The van der Waals surface area contributed by atoms with Crippen molar-refractivity contribution in [3.05, 3.63) is 29.8 Å². The van der Waals surface area contributed by atoms with Gasteiger partial charge in [-0.3, -0.25) is 15.0 Å². The molecular weight excluding hydrogens is 512 g/mol. The number of guanidine groups is 1. The van der Waals surface area contributed by atoms with Crippen molar-refractivity contribution in [3.63, 3.8) is 0 Å². The number of hydrogen-bond acceptors (Lipinski definition) is 6. The quantitative estimate of drug-likeness (QED) is 0.298. The van der Waals surface area contributed by atoms with Crippen LogP contribution in [0.4, 0.5) is 5.69 Å². The number of likely N-dealkylation sites (tertiary alicyclic amines) is 2. The van der Waals surface area contributed by atoms with E-state index < -0.39 is 22.0 Å². The fourth-order valence-corrected chi connectivity index (χ4v) is 6.78. The van der Waals surface area contributed by atoms with Crippen LogP contribution < -0.4 is 11.1 Å². The number of nitrogens with zero attached hydrogens (tertiary/aromatic N) is 3. The number of carbonyl (C=O) groups is 3. The van der Waals surface area contributed by atoms with Gasteiger partial charge in [0.1, 0.15) is 6.04 Å². The monoisotopic (exact) mass is 548 g/mol. The van der Waals surface area contributed by atoms with Gasteiger partial charge in [0.25, 0.3) is 0 Å². The molecule has 5 N–H and O–H groups in total. The molecule has 13 heteroatoms. The molecule has 3 fully saturated rings. The van der Waals surface area contributed by atoms with E-state index in [1.54, 1.807) is 9.80 Å². The van der Waals surface area contributed by atoms with E-state index in [2.05, 4.69) is 5.32 Å². The fourth-order valence-electron chi connectivity index (χ4n) is 5.90. The number of hydrogen-bond donors (Lipinski definition) is 4. The van der Waals surface area contributed by atoms with E-state index in [-0.39, 0.29) is 41.1 Å². The Balaban J connectivity index is 1.48. The summed E-state index contributed by atoms with van der Waals surface area (Å²) in [6.07, 6.45) is 4.17. The Bertz CT molecular complexity index is 1170. The molecule has 1 aromatic carbocycles. The van der Waals surface area contributed by atoms with Gasteiger partial charge >= 0.3 is 5.97 Å². The van der Waals surface area contributed by atoms with Gasteiger partial charge in [-0.1, -0.05) is 0 Å². The zero-order valence-electron chi connectivity index (χ0n) is 21.5. The molecule has 0 spiro atoms. The third kappa shape index (κ3) is 6.26. The molecule has 2 amide bonds. The summed E-state index contributed by atoms with van der Waals surface area (Å²) in [7, 11) is -3.25.